The Balaban J connectivity index is 1.63. The third-order valence-corrected chi connectivity index (χ3v) is 5.61. The zero-order chi connectivity index (χ0) is 23.7. The Kier molecular flexibility index (Phi) is 5.62. The van der Waals surface area contributed by atoms with Crippen LogP contribution in [0, 0.1) is 0 Å². The highest BCUT2D eigenvalue weighted by molar-refractivity contribution is 5.72. The lowest BCUT2D eigenvalue weighted by atomic mass is 10.1. The van der Waals surface area contributed by atoms with Gasteiger partial charge in [-0.1, -0.05) is 12.1 Å². The molecule has 2 aromatic carbocycles. The Hall–Kier alpha value is -4.34. The van der Waals surface area contributed by atoms with E-state index < -0.39 is 6.16 Å². The van der Waals surface area contributed by atoms with Crippen LogP contribution in [-0.2, 0) is 17.7 Å². The van der Waals surface area contributed by atoms with Crippen molar-refractivity contribution in [1.29, 1.82) is 0 Å². The molecule has 10 nitrogen and oxygen atoms in total. The van der Waals surface area contributed by atoms with Crippen LogP contribution >= 0.6 is 0 Å². The van der Waals surface area contributed by atoms with Crippen molar-refractivity contribution in [1.82, 2.24) is 24.3 Å². The number of nitrogens with zero attached hydrogens (tertiary/aromatic N) is 5. The molecule has 1 aliphatic heterocycles. The third-order valence-electron chi connectivity index (χ3n) is 5.61. The molecule has 2 aromatic heterocycles. The van der Waals surface area contributed by atoms with Gasteiger partial charge in [-0.25, -0.2) is 9.78 Å². The van der Waals surface area contributed by atoms with Gasteiger partial charge in [-0.3, -0.25) is 4.57 Å². The van der Waals surface area contributed by atoms with Gasteiger partial charge in [0.1, 0.15) is 29.3 Å². The fraction of sp³-hybridized carbons (Fsp3) is 0.250. The highest BCUT2D eigenvalue weighted by atomic mass is 16.7. The van der Waals surface area contributed by atoms with Gasteiger partial charge in [0.05, 0.1) is 33.1 Å². The molecule has 0 saturated heterocycles. The molecule has 3 heterocycles. The number of methoxy groups -OCH3 is 2. The van der Waals surface area contributed by atoms with E-state index in [2.05, 4.69) is 15.2 Å². The van der Waals surface area contributed by atoms with E-state index in [1.165, 1.54) is 0 Å². The smallest absolute Gasteiger partial charge is 0.497 e. The standard InChI is InChI=1S/C24H23N5O5/c1-4-33-24(30)34-23-20-13-28-21(11-15-6-5-7-16(10-15)31-2)26-27-22(28)18-12-17(32-3)8-9-19(18)29(20)14-25-23/h5-10,12,14H,4,11,13H2,1-3H3. The summed E-state index contributed by atoms with van der Waals surface area (Å²) in [7, 11) is 3.25. The molecule has 10 heteroatoms. The summed E-state index contributed by atoms with van der Waals surface area (Å²) < 4.78 is 25.0. The van der Waals surface area contributed by atoms with E-state index in [0.29, 0.717) is 30.2 Å². The zero-order valence-corrected chi connectivity index (χ0v) is 19.0. The number of hydrogen-bond acceptors (Lipinski definition) is 8. The number of hydrogen-bond donors (Lipinski definition) is 0. The van der Waals surface area contributed by atoms with Crippen LogP contribution in [0.15, 0.2) is 48.8 Å². The molecule has 0 aliphatic carbocycles. The molecule has 0 N–H and O–H groups in total. The van der Waals surface area contributed by atoms with Crippen molar-refractivity contribution in [2.24, 2.45) is 0 Å². The average molecular weight is 461 g/mol. The summed E-state index contributed by atoms with van der Waals surface area (Å²) in [6.45, 7) is 2.26. The van der Waals surface area contributed by atoms with E-state index in [-0.39, 0.29) is 12.5 Å². The number of carbonyl (C=O) groups excluding carboxylic acids is 1. The molecular formula is C24H23N5O5. The van der Waals surface area contributed by atoms with Crippen molar-refractivity contribution in [3.05, 3.63) is 65.9 Å². The lowest BCUT2D eigenvalue weighted by molar-refractivity contribution is 0.102. The number of imidazole rings is 1. The van der Waals surface area contributed by atoms with Crippen LogP contribution in [0.4, 0.5) is 4.79 Å². The van der Waals surface area contributed by atoms with Gasteiger partial charge in [0, 0.05) is 12.0 Å². The molecule has 0 amide bonds. The number of fused-ring (bicyclic) bond motifs is 5. The van der Waals surface area contributed by atoms with Gasteiger partial charge >= 0.3 is 6.16 Å². The topological polar surface area (TPSA) is 103 Å². The van der Waals surface area contributed by atoms with Crippen molar-refractivity contribution in [2.45, 2.75) is 19.9 Å². The normalized spacial score (nSPS) is 11.6. The van der Waals surface area contributed by atoms with Crippen LogP contribution in [0.5, 0.6) is 17.4 Å². The van der Waals surface area contributed by atoms with E-state index in [1.54, 1.807) is 27.5 Å². The van der Waals surface area contributed by atoms with Crippen LogP contribution < -0.4 is 14.2 Å². The van der Waals surface area contributed by atoms with Crippen molar-refractivity contribution in [3.63, 3.8) is 0 Å². The van der Waals surface area contributed by atoms with Gasteiger partial charge in [-0.2, -0.15) is 0 Å². The quantitative estimate of drug-likeness (QED) is 0.353. The summed E-state index contributed by atoms with van der Waals surface area (Å²) in [6.07, 6.45) is 1.35. The summed E-state index contributed by atoms with van der Waals surface area (Å²) in [6, 6.07) is 13.5. The van der Waals surface area contributed by atoms with Gasteiger partial charge in [-0.05, 0) is 42.8 Å². The number of aromatic nitrogens is 5. The van der Waals surface area contributed by atoms with Gasteiger partial charge in [0.25, 0.3) is 0 Å². The Morgan fingerprint density at radius 3 is 2.68 bits per heavy atom. The molecule has 0 bridgehead atoms. The summed E-state index contributed by atoms with van der Waals surface area (Å²) >= 11 is 0. The highest BCUT2D eigenvalue weighted by Gasteiger charge is 2.28. The average Bonchev–Trinajstić information content (AvgIpc) is 3.39. The molecule has 0 fully saturated rings. The molecule has 0 radical (unpaired) electrons. The first-order chi connectivity index (χ1) is 16.6. The Morgan fingerprint density at radius 2 is 1.88 bits per heavy atom. The van der Waals surface area contributed by atoms with Crippen LogP contribution in [0.2, 0.25) is 0 Å². The third kappa shape index (κ3) is 3.83. The summed E-state index contributed by atoms with van der Waals surface area (Å²) in [5.74, 6) is 3.06. The first kappa shape index (κ1) is 21.5. The first-order valence-corrected chi connectivity index (χ1v) is 10.8. The van der Waals surface area contributed by atoms with Gasteiger partial charge in [0.2, 0.25) is 5.88 Å². The fourth-order valence-electron chi connectivity index (χ4n) is 4.00. The maximum absolute atomic E-state index is 12.0. The molecule has 0 unspecified atom stereocenters. The second-order valence-corrected chi connectivity index (χ2v) is 7.59. The van der Waals surface area contributed by atoms with E-state index in [4.69, 9.17) is 18.9 Å². The number of rotatable bonds is 6. The molecule has 0 spiro atoms. The van der Waals surface area contributed by atoms with Crippen molar-refractivity contribution in [3.8, 4) is 34.5 Å². The summed E-state index contributed by atoms with van der Waals surface area (Å²) in [4.78, 5) is 16.4. The fourth-order valence-corrected chi connectivity index (χ4v) is 4.00. The van der Waals surface area contributed by atoms with Crippen LogP contribution in [0.25, 0.3) is 17.1 Å². The molecular weight excluding hydrogens is 438 g/mol. The lowest BCUT2D eigenvalue weighted by Crippen LogP contribution is -2.14. The maximum atomic E-state index is 12.0. The summed E-state index contributed by atoms with van der Waals surface area (Å²) in [5, 5.41) is 9.01. The van der Waals surface area contributed by atoms with Crippen molar-refractivity contribution >= 4 is 6.16 Å². The van der Waals surface area contributed by atoms with E-state index in [9.17, 15) is 4.79 Å². The second-order valence-electron chi connectivity index (χ2n) is 7.59. The Morgan fingerprint density at radius 1 is 1.06 bits per heavy atom. The minimum atomic E-state index is -0.802. The number of carbonyl (C=O) groups is 1. The van der Waals surface area contributed by atoms with Crippen LogP contribution in [0.3, 0.4) is 0 Å². The predicted octanol–water partition coefficient (Wildman–Crippen LogP) is 3.64. The molecule has 1 aliphatic rings. The van der Waals surface area contributed by atoms with Crippen LogP contribution in [-0.4, -0.2) is 51.3 Å². The molecule has 4 aromatic rings. The van der Waals surface area contributed by atoms with E-state index in [0.717, 1.165) is 28.4 Å². The zero-order valence-electron chi connectivity index (χ0n) is 19.0. The predicted molar refractivity (Wildman–Crippen MR) is 122 cm³/mol. The number of benzene rings is 2. The number of ether oxygens (including phenoxy) is 4. The highest BCUT2D eigenvalue weighted by Crippen LogP contribution is 2.36. The molecule has 0 atom stereocenters. The Labute approximate surface area is 195 Å². The largest absolute Gasteiger partial charge is 0.515 e. The maximum Gasteiger partial charge on any atom is 0.515 e. The second kappa shape index (κ2) is 8.89. The van der Waals surface area contributed by atoms with Crippen molar-refractivity contribution < 1.29 is 23.7 Å². The summed E-state index contributed by atoms with van der Waals surface area (Å²) in [5.41, 5.74) is 3.34. The SMILES string of the molecule is CCOC(=O)Oc1ncn2c1Cn1c(Cc3cccc(OC)c3)nnc1-c1cc(OC)ccc1-2. The van der Waals surface area contributed by atoms with E-state index in [1.807, 2.05) is 51.6 Å². The van der Waals surface area contributed by atoms with Gasteiger partial charge in [0.15, 0.2) is 5.82 Å². The minimum absolute atomic E-state index is 0.175. The van der Waals surface area contributed by atoms with E-state index >= 15 is 0 Å². The van der Waals surface area contributed by atoms with Crippen molar-refractivity contribution in [2.75, 3.05) is 20.8 Å². The lowest BCUT2D eigenvalue weighted by Gasteiger charge is -2.10. The Bertz CT molecular complexity index is 1360. The molecule has 5 rings (SSSR count). The van der Waals surface area contributed by atoms with Gasteiger partial charge in [-0.15, -0.1) is 10.2 Å². The molecule has 34 heavy (non-hydrogen) atoms. The van der Waals surface area contributed by atoms with Gasteiger partial charge < -0.3 is 23.5 Å². The monoisotopic (exact) mass is 461 g/mol. The first-order valence-electron chi connectivity index (χ1n) is 10.8. The molecule has 0 saturated carbocycles. The van der Waals surface area contributed by atoms with Crippen LogP contribution in [0.1, 0.15) is 24.0 Å². The minimum Gasteiger partial charge on any atom is -0.497 e. The molecule has 174 valence electrons.